The Kier molecular flexibility index (Phi) is 3.43. The topological polar surface area (TPSA) is 33.2 Å². The molecule has 2 aromatic rings. The van der Waals surface area contributed by atoms with Gasteiger partial charge in [0.05, 0.1) is 17.1 Å². The summed E-state index contributed by atoms with van der Waals surface area (Å²) in [6.07, 6.45) is 4.85. The first kappa shape index (κ1) is 13.1. The average Bonchev–Trinajstić information content (AvgIpc) is 2.49. The molecule has 1 aromatic heterocycles. The molecule has 3 rings (SSSR count). The fourth-order valence-electron chi connectivity index (χ4n) is 3.28. The summed E-state index contributed by atoms with van der Waals surface area (Å²) in [5.41, 5.74) is 1.89. The maximum Gasteiger partial charge on any atom is 0.232 e. The quantitative estimate of drug-likeness (QED) is 0.791. The zero-order valence-corrected chi connectivity index (χ0v) is 12.0. The highest BCUT2D eigenvalue weighted by atomic mass is 16.2. The Balaban J connectivity index is 2.01. The number of anilines is 1. The van der Waals surface area contributed by atoms with Crippen molar-refractivity contribution < 1.29 is 4.79 Å². The van der Waals surface area contributed by atoms with E-state index >= 15 is 0 Å². The number of hydrogen-bond acceptors (Lipinski definition) is 2. The van der Waals surface area contributed by atoms with Crippen molar-refractivity contribution >= 4 is 22.5 Å². The van der Waals surface area contributed by atoms with Crippen molar-refractivity contribution in [3.8, 4) is 0 Å². The number of amides is 1. The van der Waals surface area contributed by atoms with E-state index < -0.39 is 0 Å². The van der Waals surface area contributed by atoms with Crippen LogP contribution in [0.1, 0.15) is 33.1 Å². The molecule has 2 heterocycles. The maximum atomic E-state index is 12.5. The number of para-hydroxylation sites is 1. The van der Waals surface area contributed by atoms with Gasteiger partial charge in [-0.15, -0.1) is 0 Å². The van der Waals surface area contributed by atoms with Gasteiger partial charge in [-0.3, -0.25) is 9.78 Å². The second-order valence-corrected chi connectivity index (χ2v) is 5.43. The zero-order valence-electron chi connectivity index (χ0n) is 12.0. The average molecular weight is 268 g/mol. The van der Waals surface area contributed by atoms with Crippen molar-refractivity contribution in [3.05, 3.63) is 36.5 Å². The molecule has 1 aliphatic rings. The summed E-state index contributed by atoms with van der Waals surface area (Å²) in [7, 11) is 0. The molecule has 0 unspecified atom stereocenters. The van der Waals surface area contributed by atoms with Crippen LogP contribution in [0.5, 0.6) is 0 Å². The van der Waals surface area contributed by atoms with Crippen LogP contribution in [0.2, 0.25) is 0 Å². The summed E-state index contributed by atoms with van der Waals surface area (Å²) in [6, 6.07) is 10.4. The summed E-state index contributed by atoms with van der Waals surface area (Å²) < 4.78 is 0. The third kappa shape index (κ3) is 1.89. The summed E-state index contributed by atoms with van der Waals surface area (Å²) in [4.78, 5) is 18.9. The predicted octanol–water partition coefficient (Wildman–Crippen LogP) is 3.78. The van der Waals surface area contributed by atoms with Crippen LogP contribution >= 0.6 is 0 Å². The highest BCUT2D eigenvalue weighted by Crippen LogP contribution is 2.39. The van der Waals surface area contributed by atoms with Gasteiger partial charge in [-0.25, -0.2) is 0 Å². The van der Waals surface area contributed by atoms with Crippen LogP contribution in [0.3, 0.4) is 0 Å². The minimum absolute atomic E-state index is 0.198. The predicted molar refractivity (Wildman–Crippen MR) is 81.7 cm³/mol. The smallest absolute Gasteiger partial charge is 0.232 e. The molecule has 0 radical (unpaired) electrons. The first-order valence-electron chi connectivity index (χ1n) is 7.44. The molecule has 0 N–H and O–H groups in total. The Bertz CT molecular complexity index is 632. The van der Waals surface area contributed by atoms with Gasteiger partial charge in [0, 0.05) is 17.6 Å². The van der Waals surface area contributed by atoms with Gasteiger partial charge in [-0.05, 0) is 25.0 Å². The summed E-state index contributed by atoms with van der Waals surface area (Å²) in [6.45, 7) is 4.30. The Hall–Kier alpha value is -1.90. The van der Waals surface area contributed by atoms with Gasteiger partial charge in [0.25, 0.3) is 0 Å². The van der Waals surface area contributed by atoms with Crippen molar-refractivity contribution in [2.75, 3.05) is 4.90 Å². The Morgan fingerprint density at radius 2 is 2.00 bits per heavy atom. The molecule has 0 spiro atoms. The fourth-order valence-corrected chi connectivity index (χ4v) is 3.28. The van der Waals surface area contributed by atoms with Crippen molar-refractivity contribution in [2.24, 2.45) is 5.92 Å². The van der Waals surface area contributed by atoms with E-state index in [0.29, 0.717) is 6.04 Å². The van der Waals surface area contributed by atoms with E-state index in [2.05, 4.69) is 18.8 Å². The third-order valence-electron chi connectivity index (χ3n) is 4.24. The maximum absolute atomic E-state index is 12.5. The number of hydrogen-bond donors (Lipinski definition) is 0. The molecule has 3 heteroatoms. The van der Waals surface area contributed by atoms with Gasteiger partial charge in [0.1, 0.15) is 0 Å². The van der Waals surface area contributed by atoms with E-state index in [1.165, 1.54) is 0 Å². The molecular formula is C17H20N2O. The van der Waals surface area contributed by atoms with E-state index in [4.69, 9.17) is 0 Å². The molecule has 1 aliphatic heterocycles. The van der Waals surface area contributed by atoms with Crippen LogP contribution in [-0.4, -0.2) is 16.9 Å². The summed E-state index contributed by atoms with van der Waals surface area (Å²) >= 11 is 0. The molecule has 0 saturated carbocycles. The lowest BCUT2D eigenvalue weighted by atomic mass is 9.81. The van der Waals surface area contributed by atoms with Gasteiger partial charge in [-0.1, -0.05) is 38.5 Å². The standard InChI is InChI=1S/C17H20N2O/c1-3-7-13-14(4-2)19(17(13)20)15-10-5-8-12-9-6-11-18-16(12)15/h5-6,8-11,13-14H,3-4,7H2,1-2H3/t13-,14+/m0/s1. The summed E-state index contributed by atoms with van der Waals surface area (Å²) in [5.74, 6) is 0.459. The van der Waals surface area contributed by atoms with Gasteiger partial charge >= 0.3 is 0 Å². The molecule has 1 amide bonds. The molecule has 1 fully saturated rings. The normalized spacial score (nSPS) is 22.1. The minimum atomic E-state index is 0.198. The fraction of sp³-hybridized carbons (Fsp3) is 0.412. The number of nitrogens with zero attached hydrogens (tertiary/aromatic N) is 2. The van der Waals surface area contributed by atoms with Gasteiger partial charge in [0.2, 0.25) is 5.91 Å². The highest BCUT2D eigenvalue weighted by molar-refractivity contribution is 6.08. The lowest BCUT2D eigenvalue weighted by molar-refractivity contribution is -0.130. The highest BCUT2D eigenvalue weighted by Gasteiger charge is 2.46. The first-order chi connectivity index (χ1) is 9.77. The number of benzene rings is 1. The van der Waals surface area contributed by atoms with Crippen molar-refractivity contribution in [1.82, 2.24) is 4.98 Å². The number of carbonyl (C=O) groups is 1. The molecular weight excluding hydrogens is 248 g/mol. The van der Waals surface area contributed by atoms with Crippen LogP contribution in [0.4, 0.5) is 5.69 Å². The molecule has 104 valence electrons. The molecule has 2 atom stereocenters. The van der Waals surface area contributed by atoms with Gasteiger partial charge in [-0.2, -0.15) is 0 Å². The Labute approximate surface area is 119 Å². The molecule has 20 heavy (non-hydrogen) atoms. The van der Waals surface area contributed by atoms with Crippen LogP contribution in [-0.2, 0) is 4.79 Å². The number of rotatable bonds is 4. The van der Waals surface area contributed by atoms with Crippen LogP contribution in [0, 0.1) is 5.92 Å². The minimum Gasteiger partial charge on any atom is -0.306 e. The molecule has 3 nitrogen and oxygen atoms in total. The number of aromatic nitrogens is 1. The lowest BCUT2D eigenvalue weighted by Crippen LogP contribution is -2.61. The second-order valence-electron chi connectivity index (χ2n) is 5.43. The first-order valence-corrected chi connectivity index (χ1v) is 7.44. The van der Waals surface area contributed by atoms with Crippen LogP contribution in [0.25, 0.3) is 10.9 Å². The summed E-state index contributed by atoms with van der Waals surface area (Å²) in [5, 5.41) is 1.09. The van der Waals surface area contributed by atoms with E-state index in [9.17, 15) is 4.79 Å². The second kappa shape index (κ2) is 5.23. The number of β-lactam (4-membered cyclic amide) rings is 1. The van der Waals surface area contributed by atoms with Crippen molar-refractivity contribution in [2.45, 2.75) is 39.2 Å². The van der Waals surface area contributed by atoms with E-state index in [-0.39, 0.29) is 11.8 Å². The molecule has 1 aromatic carbocycles. The van der Waals surface area contributed by atoms with E-state index in [1.807, 2.05) is 35.2 Å². The van der Waals surface area contributed by atoms with Crippen LogP contribution < -0.4 is 4.90 Å². The third-order valence-corrected chi connectivity index (χ3v) is 4.24. The van der Waals surface area contributed by atoms with E-state index in [0.717, 1.165) is 35.9 Å². The van der Waals surface area contributed by atoms with Crippen molar-refractivity contribution in [3.63, 3.8) is 0 Å². The number of pyridine rings is 1. The SMILES string of the molecule is CCC[C@@H]1C(=O)N(c2cccc3cccnc23)[C@@H]1CC. The van der Waals surface area contributed by atoms with Crippen LogP contribution in [0.15, 0.2) is 36.5 Å². The van der Waals surface area contributed by atoms with Gasteiger partial charge in [0.15, 0.2) is 0 Å². The molecule has 0 aliphatic carbocycles. The largest absolute Gasteiger partial charge is 0.306 e. The monoisotopic (exact) mass is 268 g/mol. The number of carbonyl (C=O) groups excluding carboxylic acids is 1. The van der Waals surface area contributed by atoms with E-state index in [1.54, 1.807) is 6.20 Å². The lowest BCUT2D eigenvalue weighted by Gasteiger charge is -2.47. The number of fused-ring (bicyclic) bond motifs is 1. The zero-order chi connectivity index (χ0) is 14.1. The Morgan fingerprint density at radius 1 is 1.20 bits per heavy atom. The van der Waals surface area contributed by atoms with Gasteiger partial charge < -0.3 is 4.90 Å². The molecule has 1 saturated heterocycles. The Morgan fingerprint density at radius 3 is 2.75 bits per heavy atom. The van der Waals surface area contributed by atoms with Crippen molar-refractivity contribution in [1.29, 1.82) is 0 Å². The molecule has 0 bridgehead atoms.